The van der Waals surface area contributed by atoms with Gasteiger partial charge < -0.3 is 0 Å². The van der Waals surface area contributed by atoms with Crippen LogP contribution < -0.4 is 0 Å². The minimum absolute atomic E-state index is 0.144. The van der Waals surface area contributed by atoms with Crippen LogP contribution in [-0.4, -0.2) is 17.3 Å². The maximum Gasteiger partial charge on any atom is 0.152 e. The average Bonchev–Trinajstić information content (AvgIpc) is 2.05. The minimum atomic E-state index is 0.144. The molecule has 0 aromatic rings. The van der Waals surface area contributed by atoms with E-state index in [2.05, 4.69) is 13.2 Å². The molecular weight excluding hydrogens is 168 g/mol. The topological polar surface area (TPSA) is 17.1 Å². The van der Waals surface area contributed by atoms with Crippen LogP contribution in [0.1, 0.15) is 33.1 Å². The van der Waals surface area contributed by atoms with Gasteiger partial charge in [0.25, 0.3) is 0 Å². The first-order valence-corrected chi connectivity index (χ1v) is 5.71. The molecule has 0 aliphatic carbocycles. The lowest BCUT2D eigenvalue weighted by Gasteiger charge is -2.07. The molecule has 0 heterocycles. The van der Waals surface area contributed by atoms with Gasteiger partial charge in [-0.15, -0.1) is 0 Å². The quantitative estimate of drug-likeness (QED) is 0.593. The summed E-state index contributed by atoms with van der Waals surface area (Å²) in [6.45, 7) is 3.78. The number of hydrogen-bond acceptors (Lipinski definition) is 2. The van der Waals surface area contributed by atoms with Crippen molar-refractivity contribution in [2.24, 2.45) is 0 Å². The van der Waals surface area contributed by atoms with Crippen LogP contribution in [0.25, 0.3) is 0 Å². The molecule has 0 amide bonds. The van der Waals surface area contributed by atoms with Gasteiger partial charge in [-0.25, -0.2) is 0 Å². The van der Waals surface area contributed by atoms with Gasteiger partial charge in [-0.05, 0) is 25.7 Å². The molecule has 0 rings (SSSR count). The molecule has 1 unspecified atom stereocenters. The van der Waals surface area contributed by atoms with Crippen LogP contribution in [0.2, 0.25) is 0 Å². The van der Waals surface area contributed by atoms with Crippen LogP contribution in [0.3, 0.4) is 0 Å². The molecule has 70 valence electrons. The lowest BCUT2D eigenvalue weighted by atomic mass is 10.2. The Morgan fingerprint density at radius 1 is 1.58 bits per heavy atom. The number of carbonyl (C=O) groups is 1. The van der Waals surface area contributed by atoms with Crippen molar-refractivity contribution < 1.29 is 4.79 Å². The lowest BCUT2D eigenvalue weighted by molar-refractivity contribution is -0.112. The number of rotatable bonds is 6. The molecular formula is C10H18OS. The molecule has 0 aliphatic rings. The van der Waals surface area contributed by atoms with Crippen LogP contribution in [-0.2, 0) is 4.79 Å². The Kier molecular flexibility index (Phi) is 7.26. The highest BCUT2D eigenvalue weighted by Crippen LogP contribution is 2.15. The van der Waals surface area contributed by atoms with Gasteiger partial charge in [-0.3, -0.25) is 4.79 Å². The van der Waals surface area contributed by atoms with Gasteiger partial charge in [0.2, 0.25) is 0 Å². The first-order valence-electron chi connectivity index (χ1n) is 4.42. The number of carbonyl (C=O) groups excluding carboxylic acids is 1. The number of allylic oxidation sites excluding steroid dienone is 1. The second kappa shape index (κ2) is 7.41. The smallest absolute Gasteiger partial charge is 0.152 e. The van der Waals surface area contributed by atoms with E-state index < -0.39 is 0 Å². The fraction of sp³-hybridized carbons (Fsp3) is 0.700. The molecule has 0 radical (unpaired) electrons. The van der Waals surface area contributed by atoms with E-state index >= 15 is 0 Å². The summed E-state index contributed by atoms with van der Waals surface area (Å²) in [5.41, 5.74) is 0. The molecule has 0 aromatic heterocycles. The van der Waals surface area contributed by atoms with Gasteiger partial charge >= 0.3 is 0 Å². The van der Waals surface area contributed by atoms with Crippen LogP contribution in [0, 0.1) is 0 Å². The Balaban J connectivity index is 3.73. The zero-order valence-corrected chi connectivity index (χ0v) is 8.99. The number of ketones is 1. The van der Waals surface area contributed by atoms with Crippen LogP contribution in [0.15, 0.2) is 12.2 Å². The first kappa shape index (κ1) is 11.8. The van der Waals surface area contributed by atoms with E-state index in [4.69, 9.17) is 0 Å². The summed E-state index contributed by atoms with van der Waals surface area (Å²) in [6.07, 6.45) is 9.43. The van der Waals surface area contributed by atoms with Crippen molar-refractivity contribution in [2.75, 3.05) is 6.26 Å². The number of thioether (sulfide) groups is 1. The summed E-state index contributed by atoms with van der Waals surface area (Å²) < 4.78 is 0. The van der Waals surface area contributed by atoms with Crippen molar-refractivity contribution in [3.8, 4) is 0 Å². The summed E-state index contributed by atoms with van der Waals surface area (Å²) >= 11 is 1.81. The Bertz CT molecular complexity index is 152. The van der Waals surface area contributed by atoms with E-state index in [-0.39, 0.29) is 5.78 Å². The predicted molar refractivity (Wildman–Crippen MR) is 56.6 cm³/mol. The second-order valence-electron chi connectivity index (χ2n) is 2.89. The Morgan fingerprint density at radius 3 is 2.67 bits per heavy atom. The van der Waals surface area contributed by atoms with Crippen LogP contribution >= 0.6 is 11.8 Å². The van der Waals surface area contributed by atoms with Crippen molar-refractivity contribution in [1.29, 1.82) is 0 Å². The minimum Gasteiger partial charge on any atom is -0.295 e. The summed E-state index contributed by atoms with van der Waals surface area (Å²) in [7, 11) is 0. The molecule has 0 fully saturated rings. The fourth-order valence-corrected chi connectivity index (χ4v) is 1.58. The van der Waals surface area contributed by atoms with E-state index in [1.807, 2.05) is 17.8 Å². The van der Waals surface area contributed by atoms with E-state index in [0.717, 1.165) is 0 Å². The second-order valence-corrected chi connectivity index (χ2v) is 3.96. The van der Waals surface area contributed by atoms with Crippen molar-refractivity contribution in [2.45, 2.75) is 38.4 Å². The predicted octanol–water partition coefficient (Wildman–Crippen LogP) is 3.05. The summed E-state index contributed by atoms with van der Waals surface area (Å²) in [5, 5.41) is 0.522. The van der Waals surface area contributed by atoms with Gasteiger partial charge in [0, 0.05) is 5.25 Å². The third kappa shape index (κ3) is 6.47. The molecule has 0 N–H and O–H groups in total. The van der Waals surface area contributed by atoms with Crippen molar-refractivity contribution in [3.63, 3.8) is 0 Å². The van der Waals surface area contributed by atoms with Crippen molar-refractivity contribution in [3.05, 3.63) is 12.2 Å². The van der Waals surface area contributed by atoms with E-state index in [0.29, 0.717) is 5.25 Å². The van der Waals surface area contributed by atoms with Crippen molar-refractivity contribution in [1.82, 2.24) is 0 Å². The van der Waals surface area contributed by atoms with Crippen LogP contribution in [0.4, 0.5) is 0 Å². The third-order valence-corrected chi connectivity index (χ3v) is 2.69. The highest BCUT2D eigenvalue weighted by molar-refractivity contribution is 7.99. The summed E-state index contributed by atoms with van der Waals surface area (Å²) in [6, 6.07) is 0. The number of hydrogen-bond donors (Lipinski definition) is 0. The SMILES string of the molecule is CCCCC(/C=C/C(C)=O)SC. The number of unbranched alkanes of at least 4 members (excludes halogenated alkanes) is 1. The van der Waals surface area contributed by atoms with Crippen molar-refractivity contribution >= 4 is 17.5 Å². The summed E-state index contributed by atoms with van der Waals surface area (Å²) in [5.74, 6) is 0.144. The zero-order chi connectivity index (χ0) is 9.40. The Hall–Kier alpha value is -0.240. The van der Waals surface area contributed by atoms with E-state index in [9.17, 15) is 4.79 Å². The monoisotopic (exact) mass is 186 g/mol. The van der Waals surface area contributed by atoms with Gasteiger partial charge in [0.15, 0.2) is 5.78 Å². The standard InChI is InChI=1S/C10H18OS/c1-4-5-6-10(12-3)8-7-9(2)11/h7-8,10H,4-6H2,1-3H3/b8-7+. The van der Waals surface area contributed by atoms with Gasteiger partial charge in [-0.2, -0.15) is 11.8 Å². The zero-order valence-electron chi connectivity index (χ0n) is 8.17. The molecule has 0 saturated heterocycles. The first-order chi connectivity index (χ1) is 5.70. The lowest BCUT2D eigenvalue weighted by Crippen LogP contribution is -1.97. The Labute approximate surface area is 79.6 Å². The fourth-order valence-electron chi connectivity index (χ4n) is 0.941. The molecule has 12 heavy (non-hydrogen) atoms. The summed E-state index contributed by atoms with van der Waals surface area (Å²) in [4.78, 5) is 10.6. The van der Waals surface area contributed by atoms with E-state index in [1.165, 1.54) is 19.3 Å². The average molecular weight is 186 g/mol. The molecule has 2 heteroatoms. The largest absolute Gasteiger partial charge is 0.295 e. The van der Waals surface area contributed by atoms with Gasteiger partial charge in [-0.1, -0.05) is 25.8 Å². The Morgan fingerprint density at radius 2 is 2.25 bits per heavy atom. The molecule has 0 saturated carbocycles. The normalized spacial score (nSPS) is 13.6. The third-order valence-electron chi connectivity index (χ3n) is 1.69. The molecule has 0 spiro atoms. The maximum atomic E-state index is 10.6. The molecule has 0 aromatic carbocycles. The molecule has 1 atom stereocenters. The highest BCUT2D eigenvalue weighted by Gasteiger charge is 2.00. The van der Waals surface area contributed by atoms with Crippen LogP contribution in [0.5, 0.6) is 0 Å². The highest BCUT2D eigenvalue weighted by atomic mass is 32.2. The van der Waals surface area contributed by atoms with E-state index in [1.54, 1.807) is 13.0 Å². The van der Waals surface area contributed by atoms with Gasteiger partial charge in [0.05, 0.1) is 0 Å². The molecule has 1 nitrogen and oxygen atoms in total. The molecule has 0 bridgehead atoms. The molecule has 0 aliphatic heterocycles. The maximum absolute atomic E-state index is 10.6. The van der Waals surface area contributed by atoms with Gasteiger partial charge in [0.1, 0.15) is 0 Å².